The van der Waals surface area contributed by atoms with Crippen LogP contribution < -0.4 is 0 Å². The van der Waals surface area contributed by atoms with Crippen LogP contribution in [0.1, 0.15) is 35.8 Å². The molecule has 6 heteroatoms. The van der Waals surface area contributed by atoms with Crippen LogP contribution in [-0.4, -0.2) is 24.1 Å². The molecule has 3 aromatic rings. The van der Waals surface area contributed by atoms with Crippen molar-refractivity contribution < 1.29 is 0 Å². The third-order valence-corrected chi connectivity index (χ3v) is 5.00. The average molecular weight is 325 g/mol. The predicted octanol–water partition coefficient (Wildman–Crippen LogP) is 3.59. The molecule has 4 rings (SSSR count). The summed E-state index contributed by atoms with van der Waals surface area (Å²) in [5.74, 6) is 2.49. The molecule has 23 heavy (non-hydrogen) atoms. The summed E-state index contributed by atoms with van der Waals surface area (Å²) in [7, 11) is 0. The van der Waals surface area contributed by atoms with Crippen molar-refractivity contribution in [3.8, 4) is 0 Å². The van der Waals surface area contributed by atoms with Gasteiger partial charge in [-0.05, 0) is 31.4 Å². The summed E-state index contributed by atoms with van der Waals surface area (Å²) < 4.78 is 4.27. The Morgan fingerprint density at radius 2 is 2.17 bits per heavy atom. The van der Waals surface area contributed by atoms with E-state index in [-0.39, 0.29) is 0 Å². The molecule has 1 saturated carbocycles. The number of pyridine rings is 1. The van der Waals surface area contributed by atoms with Gasteiger partial charge in [-0.3, -0.25) is 0 Å². The number of allylic oxidation sites excluding steroid dienone is 1. The third-order valence-electron chi connectivity index (χ3n) is 4.00. The van der Waals surface area contributed by atoms with Gasteiger partial charge in [0.1, 0.15) is 11.5 Å². The van der Waals surface area contributed by atoms with Crippen LogP contribution in [0, 0.1) is 6.92 Å². The summed E-state index contributed by atoms with van der Waals surface area (Å²) in [5, 5.41) is 9.71. The van der Waals surface area contributed by atoms with E-state index < -0.39 is 0 Å². The Balaban J connectivity index is 1.54. The molecule has 0 aromatic carbocycles. The van der Waals surface area contributed by atoms with Crippen LogP contribution in [0.2, 0.25) is 0 Å². The summed E-state index contributed by atoms with van der Waals surface area (Å²) in [6.07, 6.45) is 8.55. The van der Waals surface area contributed by atoms with Gasteiger partial charge in [0, 0.05) is 30.6 Å². The minimum Gasteiger partial charge on any atom is -0.307 e. The number of imidazole rings is 1. The Morgan fingerprint density at radius 1 is 1.30 bits per heavy atom. The highest BCUT2D eigenvalue weighted by Gasteiger charge is 2.30. The smallest absolute Gasteiger partial charge is 0.191 e. The van der Waals surface area contributed by atoms with E-state index in [1.165, 1.54) is 18.4 Å². The highest BCUT2D eigenvalue weighted by atomic mass is 32.2. The van der Waals surface area contributed by atoms with Crippen LogP contribution >= 0.6 is 11.8 Å². The van der Waals surface area contributed by atoms with Gasteiger partial charge in [0.2, 0.25) is 0 Å². The number of aromatic nitrogens is 5. The van der Waals surface area contributed by atoms with Gasteiger partial charge in [0.05, 0.1) is 5.69 Å². The van der Waals surface area contributed by atoms with E-state index in [1.807, 2.05) is 6.08 Å². The van der Waals surface area contributed by atoms with Gasteiger partial charge in [-0.25, -0.2) is 4.98 Å². The van der Waals surface area contributed by atoms with Crippen LogP contribution in [0.4, 0.5) is 0 Å². The molecule has 1 aliphatic carbocycles. The van der Waals surface area contributed by atoms with Crippen molar-refractivity contribution in [2.45, 2.75) is 43.1 Å². The van der Waals surface area contributed by atoms with E-state index in [9.17, 15) is 0 Å². The van der Waals surface area contributed by atoms with E-state index in [0.29, 0.717) is 5.92 Å². The van der Waals surface area contributed by atoms with Gasteiger partial charge in [-0.2, -0.15) is 0 Å². The largest absolute Gasteiger partial charge is 0.307 e. The molecular weight excluding hydrogens is 306 g/mol. The van der Waals surface area contributed by atoms with Gasteiger partial charge in [-0.1, -0.05) is 23.9 Å². The lowest BCUT2D eigenvalue weighted by atomic mass is 10.3. The topological polar surface area (TPSA) is 48.0 Å². The first-order valence-electron chi connectivity index (χ1n) is 7.85. The van der Waals surface area contributed by atoms with Crippen molar-refractivity contribution >= 4 is 17.4 Å². The summed E-state index contributed by atoms with van der Waals surface area (Å²) in [6.45, 7) is 6.71. The molecule has 118 valence electrons. The predicted molar refractivity (Wildman–Crippen MR) is 91.7 cm³/mol. The highest BCUT2D eigenvalue weighted by Crippen LogP contribution is 2.40. The molecule has 1 aliphatic rings. The number of thioether (sulfide) groups is 1. The Bertz CT molecular complexity index is 859. The van der Waals surface area contributed by atoms with Crippen LogP contribution in [0.5, 0.6) is 0 Å². The van der Waals surface area contributed by atoms with Crippen molar-refractivity contribution in [1.82, 2.24) is 24.1 Å². The van der Waals surface area contributed by atoms with Gasteiger partial charge in [-0.15, -0.1) is 16.8 Å². The Labute approximate surface area is 139 Å². The SMILES string of the molecule is C=CCn1c(SCc2cn3cc(C)ccc3n2)nnc1C1CC1. The maximum absolute atomic E-state index is 4.66. The minimum absolute atomic E-state index is 0.593. The van der Waals surface area contributed by atoms with Gasteiger partial charge >= 0.3 is 0 Å². The lowest BCUT2D eigenvalue weighted by Gasteiger charge is -2.05. The van der Waals surface area contributed by atoms with Gasteiger partial charge in [0.15, 0.2) is 5.16 Å². The van der Waals surface area contributed by atoms with Gasteiger partial charge < -0.3 is 8.97 Å². The molecule has 0 spiro atoms. The molecule has 0 bridgehead atoms. The quantitative estimate of drug-likeness (QED) is 0.513. The van der Waals surface area contributed by atoms with Crippen LogP contribution in [-0.2, 0) is 12.3 Å². The number of nitrogens with zero attached hydrogens (tertiary/aromatic N) is 5. The zero-order chi connectivity index (χ0) is 15.8. The van der Waals surface area contributed by atoms with Crippen molar-refractivity contribution in [1.29, 1.82) is 0 Å². The fourth-order valence-corrected chi connectivity index (χ4v) is 3.55. The highest BCUT2D eigenvalue weighted by molar-refractivity contribution is 7.98. The maximum atomic E-state index is 4.66. The van der Waals surface area contributed by atoms with E-state index in [0.717, 1.165) is 34.6 Å². The monoisotopic (exact) mass is 325 g/mol. The summed E-state index contributed by atoms with van der Waals surface area (Å²) >= 11 is 1.69. The fourth-order valence-electron chi connectivity index (χ4n) is 2.71. The Morgan fingerprint density at radius 3 is 2.96 bits per heavy atom. The zero-order valence-corrected chi connectivity index (χ0v) is 14.0. The second-order valence-electron chi connectivity index (χ2n) is 6.01. The van der Waals surface area contributed by atoms with Crippen LogP contribution in [0.15, 0.2) is 42.3 Å². The molecule has 0 N–H and O–H groups in total. The molecule has 0 atom stereocenters. The molecule has 0 radical (unpaired) electrons. The number of hydrogen-bond acceptors (Lipinski definition) is 4. The first-order valence-corrected chi connectivity index (χ1v) is 8.84. The first kappa shape index (κ1) is 14.5. The molecular formula is C17H19N5S. The molecule has 3 heterocycles. The van der Waals surface area contributed by atoms with Crippen molar-refractivity contribution in [3.63, 3.8) is 0 Å². The minimum atomic E-state index is 0.593. The second kappa shape index (κ2) is 5.85. The van der Waals surface area contributed by atoms with Crippen molar-refractivity contribution in [2.24, 2.45) is 0 Å². The van der Waals surface area contributed by atoms with Crippen molar-refractivity contribution in [2.75, 3.05) is 0 Å². The molecule has 1 fully saturated rings. The molecule has 0 unspecified atom stereocenters. The standard InChI is InChI=1S/C17H19N5S/c1-3-8-22-16(13-5-6-13)19-20-17(22)23-11-14-10-21-9-12(2)4-7-15(21)18-14/h3-4,7,9-10,13H,1,5-6,8,11H2,2H3. The fraction of sp³-hybridized carbons (Fsp3) is 0.353. The summed E-state index contributed by atoms with van der Waals surface area (Å²) in [5.41, 5.74) is 3.27. The first-order chi connectivity index (χ1) is 11.2. The van der Waals surface area contributed by atoms with E-state index in [2.05, 4.69) is 62.2 Å². The molecule has 0 amide bonds. The Kier molecular flexibility index (Phi) is 3.69. The molecule has 3 aromatic heterocycles. The summed E-state index contributed by atoms with van der Waals surface area (Å²) in [6, 6.07) is 4.14. The van der Waals surface area contributed by atoms with E-state index in [1.54, 1.807) is 11.8 Å². The van der Waals surface area contributed by atoms with Crippen LogP contribution in [0.25, 0.3) is 5.65 Å². The normalized spacial score (nSPS) is 14.5. The Hall–Kier alpha value is -2.08. The van der Waals surface area contributed by atoms with Crippen molar-refractivity contribution in [3.05, 3.63) is 54.3 Å². The van der Waals surface area contributed by atoms with Crippen LogP contribution in [0.3, 0.4) is 0 Å². The lowest BCUT2D eigenvalue weighted by molar-refractivity contribution is 0.681. The second-order valence-corrected chi connectivity index (χ2v) is 6.95. The van der Waals surface area contributed by atoms with Gasteiger partial charge in [0.25, 0.3) is 0 Å². The number of rotatable bonds is 6. The zero-order valence-electron chi connectivity index (χ0n) is 13.1. The van der Waals surface area contributed by atoms with E-state index >= 15 is 0 Å². The lowest BCUT2D eigenvalue weighted by Crippen LogP contribution is -2.02. The summed E-state index contributed by atoms with van der Waals surface area (Å²) in [4.78, 5) is 4.66. The number of aryl methyl sites for hydroxylation is 1. The number of fused-ring (bicyclic) bond motifs is 1. The molecule has 0 saturated heterocycles. The number of hydrogen-bond donors (Lipinski definition) is 0. The maximum Gasteiger partial charge on any atom is 0.191 e. The average Bonchev–Trinajstić information content (AvgIpc) is 3.18. The van der Waals surface area contributed by atoms with E-state index in [4.69, 9.17) is 0 Å². The molecule has 0 aliphatic heterocycles. The molecule has 5 nitrogen and oxygen atoms in total. The third kappa shape index (κ3) is 2.91.